The SMILES string of the molecule is CN1CCC(C)(c2noc(C3CCC3)n2)CC1. The second-order valence-electron chi connectivity index (χ2n) is 5.95. The number of hydrogen-bond donors (Lipinski definition) is 0. The first-order valence-electron chi connectivity index (χ1n) is 6.70. The molecule has 0 amide bonds. The Balaban J connectivity index is 1.76. The average Bonchev–Trinajstić information content (AvgIpc) is 2.70. The molecule has 2 aliphatic rings. The normalized spacial score (nSPS) is 25.8. The molecule has 1 aliphatic heterocycles. The Morgan fingerprint density at radius 1 is 1.29 bits per heavy atom. The van der Waals surface area contributed by atoms with Crippen molar-refractivity contribution in [2.45, 2.75) is 50.4 Å². The zero-order valence-electron chi connectivity index (χ0n) is 10.8. The maximum atomic E-state index is 5.44. The molecule has 1 aromatic rings. The highest BCUT2D eigenvalue weighted by atomic mass is 16.5. The van der Waals surface area contributed by atoms with Gasteiger partial charge in [0.05, 0.1) is 0 Å². The van der Waals surface area contributed by atoms with Crippen LogP contribution in [0.15, 0.2) is 4.52 Å². The molecule has 0 unspecified atom stereocenters. The highest BCUT2D eigenvalue weighted by molar-refractivity contribution is 5.09. The summed E-state index contributed by atoms with van der Waals surface area (Å²) in [7, 11) is 2.18. The van der Waals surface area contributed by atoms with Gasteiger partial charge < -0.3 is 9.42 Å². The van der Waals surface area contributed by atoms with Gasteiger partial charge in [-0.1, -0.05) is 18.5 Å². The van der Waals surface area contributed by atoms with Crippen molar-refractivity contribution < 1.29 is 4.52 Å². The molecule has 4 heteroatoms. The molecule has 0 spiro atoms. The molecule has 1 aromatic heterocycles. The van der Waals surface area contributed by atoms with Crippen LogP contribution in [0.1, 0.15) is 56.7 Å². The number of aromatic nitrogens is 2. The van der Waals surface area contributed by atoms with E-state index in [0.717, 1.165) is 37.6 Å². The molecule has 94 valence electrons. The third kappa shape index (κ3) is 1.99. The van der Waals surface area contributed by atoms with Crippen molar-refractivity contribution in [2.75, 3.05) is 20.1 Å². The van der Waals surface area contributed by atoms with Crippen LogP contribution >= 0.6 is 0 Å². The van der Waals surface area contributed by atoms with E-state index >= 15 is 0 Å². The summed E-state index contributed by atoms with van der Waals surface area (Å²) in [5.74, 6) is 2.37. The van der Waals surface area contributed by atoms with Crippen LogP contribution in [0.25, 0.3) is 0 Å². The Hall–Kier alpha value is -0.900. The highest BCUT2D eigenvalue weighted by Gasteiger charge is 2.36. The molecule has 0 aromatic carbocycles. The van der Waals surface area contributed by atoms with Crippen molar-refractivity contribution in [3.63, 3.8) is 0 Å². The van der Waals surface area contributed by atoms with Gasteiger partial charge in [-0.3, -0.25) is 0 Å². The summed E-state index contributed by atoms with van der Waals surface area (Å²) in [6.45, 7) is 4.53. The van der Waals surface area contributed by atoms with E-state index in [4.69, 9.17) is 4.52 Å². The van der Waals surface area contributed by atoms with Crippen molar-refractivity contribution in [1.82, 2.24) is 15.0 Å². The molecule has 0 bridgehead atoms. The lowest BCUT2D eigenvalue weighted by molar-refractivity contribution is 0.189. The minimum atomic E-state index is 0.123. The van der Waals surface area contributed by atoms with Gasteiger partial charge in [0.15, 0.2) is 5.82 Å². The Bertz CT molecular complexity index is 389. The number of hydrogen-bond acceptors (Lipinski definition) is 4. The van der Waals surface area contributed by atoms with E-state index < -0.39 is 0 Å². The molecule has 0 radical (unpaired) electrons. The predicted molar refractivity (Wildman–Crippen MR) is 65.0 cm³/mol. The van der Waals surface area contributed by atoms with Gasteiger partial charge in [-0.2, -0.15) is 4.98 Å². The molecule has 4 nitrogen and oxygen atoms in total. The molecule has 1 saturated heterocycles. The second kappa shape index (κ2) is 4.09. The van der Waals surface area contributed by atoms with Gasteiger partial charge in [0.1, 0.15) is 0 Å². The zero-order chi connectivity index (χ0) is 11.9. The van der Waals surface area contributed by atoms with Crippen molar-refractivity contribution in [3.05, 3.63) is 11.7 Å². The van der Waals surface area contributed by atoms with E-state index in [0.29, 0.717) is 5.92 Å². The maximum Gasteiger partial charge on any atom is 0.229 e. The smallest absolute Gasteiger partial charge is 0.229 e. The van der Waals surface area contributed by atoms with Crippen LogP contribution in [0.3, 0.4) is 0 Å². The lowest BCUT2D eigenvalue weighted by Gasteiger charge is -2.35. The zero-order valence-corrected chi connectivity index (χ0v) is 10.8. The molecule has 17 heavy (non-hydrogen) atoms. The van der Waals surface area contributed by atoms with Crippen LogP contribution in [-0.2, 0) is 5.41 Å². The van der Waals surface area contributed by atoms with Crippen LogP contribution in [-0.4, -0.2) is 35.2 Å². The molecule has 1 saturated carbocycles. The molecule has 0 atom stereocenters. The fraction of sp³-hybridized carbons (Fsp3) is 0.846. The lowest BCUT2D eigenvalue weighted by atomic mass is 9.79. The molecule has 1 aliphatic carbocycles. The third-order valence-corrected chi connectivity index (χ3v) is 4.53. The first-order valence-corrected chi connectivity index (χ1v) is 6.70. The fourth-order valence-electron chi connectivity index (χ4n) is 2.64. The Labute approximate surface area is 102 Å². The summed E-state index contributed by atoms with van der Waals surface area (Å²) in [6.07, 6.45) is 6.02. The summed E-state index contributed by atoms with van der Waals surface area (Å²) >= 11 is 0. The lowest BCUT2D eigenvalue weighted by Crippen LogP contribution is -2.39. The topological polar surface area (TPSA) is 42.2 Å². The number of nitrogens with zero attached hydrogens (tertiary/aromatic N) is 3. The molecule has 0 N–H and O–H groups in total. The first-order chi connectivity index (χ1) is 8.17. The van der Waals surface area contributed by atoms with Crippen LogP contribution in [0, 0.1) is 0 Å². The Kier molecular flexibility index (Phi) is 2.69. The predicted octanol–water partition coefficient (Wildman–Crippen LogP) is 2.32. The van der Waals surface area contributed by atoms with Gasteiger partial charge >= 0.3 is 0 Å². The maximum absolute atomic E-state index is 5.44. The van der Waals surface area contributed by atoms with Crippen molar-refractivity contribution in [1.29, 1.82) is 0 Å². The Morgan fingerprint density at radius 2 is 2.00 bits per heavy atom. The molecule has 2 heterocycles. The van der Waals surface area contributed by atoms with Crippen molar-refractivity contribution in [3.8, 4) is 0 Å². The summed E-state index contributed by atoms with van der Waals surface area (Å²) in [5, 5.41) is 4.23. The number of rotatable bonds is 2. The number of likely N-dealkylation sites (tertiary alicyclic amines) is 1. The van der Waals surface area contributed by atoms with E-state index in [2.05, 4.69) is 29.0 Å². The second-order valence-corrected chi connectivity index (χ2v) is 5.95. The van der Waals surface area contributed by atoms with Crippen LogP contribution < -0.4 is 0 Å². The van der Waals surface area contributed by atoms with Gasteiger partial charge in [-0.25, -0.2) is 0 Å². The van der Waals surface area contributed by atoms with Gasteiger partial charge in [0.25, 0.3) is 0 Å². The first kappa shape index (κ1) is 11.2. The molecule has 3 rings (SSSR count). The molecule has 2 fully saturated rings. The highest BCUT2D eigenvalue weighted by Crippen LogP contribution is 2.38. The monoisotopic (exact) mass is 235 g/mol. The summed E-state index contributed by atoms with van der Waals surface area (Å²) < 4.78 is 5.44. The van der Waals surface area contributed by atoms with Gasteiger partial charge in [0, 0.05) is 11.3 Å². The summed E-state index contributed by atoms with van der Waals surface area (Å²) in [4.78, 5) is 7.03. The van der Waals surface area contributed by atoms with E-state index in [1.165, 1.54) is 19.3 Å². The quantitative estimate of drug-likeness (QED) is 0.789. The van der Waals surface area contributed by atoms with Gasteiger partial charge in [-0.05, 0) is 45.8 Å². The minimum Gasteiger partial charge on any atom is -0.339 e. The third-order valence-electron chi connectivity index (χ3n) is 4.53. The average molecular weight is 235 g/mol. The fourth-order valence-corrected chi connectivity index (χ4v) is 2.64. The van der Waals surface area contributed by atoms with Crippen LogP contribution in [0.2, 0.25) is 0 Å². The van der Waals surface area contributed by atoms with Crippen molar-refractivity contribution in [2.24, 2.45) is 0 Å². The van der Waals surface area contributed by atoms with Gasteiger partial charge in [0.2, 0.25) is 5.89 Å². The van der Waals surface area contributed by atoms with Crippen LogP contribution in [0.4, 0.5) is 0 Å². The molecular formula is C13H21N3O. The van der Waals surface area contributed by atoms with E-state index in [1.807, 2.05) is 0 Å². The standard InChI is InChI=1S/C13H21N3O/c1-13(6-8-16(2)9-7-13)12-14-11(17-15-12)10-4-3-5-10/h10H,3-9H2,1-2H3. The van der Waals surface area contributed by atoms with E-state index in [9.17, 15) is 0 Å². The summed E-state index contributed by atoms with van der Waals surface area (Å²) in [6, 6.07) is 0. The number of piperidine rings is 1. The molecular weight excluding hydrogens is 214 g/mol. The van der Waals surface area contributed by atoms with E-state index in [-0.39, 0.29) is 5.41 Å². The van der Waals surface area contributed by atoms with Crippen LogP contribution in [0.5, 0.6) is 0 Å². The largest absolute Gasteiger partial charge is 0.339 e. The van der Waals surface area contributed by atoms with Crippen molar-refractivity contribution >= 4 is 0 Å². The minimum absolute atomic E-state index is 0.123. The van der Waals surface area contributed by atoms with Gasteiger partial charge in [-0.15, -0.1) is 0 Å². The Morgan fingerprint density at radius 3 is 2.59 bits per heavy atom. The summed E-state index contributed by atoms with van der Waals surface area (Å²) in [5.41, 5.74) is 0.123. The van der Waals surface area contributed by atoms with E-state index in [1.54, 1.807) is 0 Å².